The van der Waals surface area contributed by atoms with Gasteiger partial charge >= 0.3 is 12.1 Å². The van der Waals surface area contributed by atoms with Gasteiger partial charge in [0.15, 0.2) is 18.1 Å². The molecule has 1 N–H and O–H groups in total. The summed E-state index contributed by atoms with van der Waals surface area (Å²) in [5.41, 5.74) is 1.17. The lowest BCUT2D eigenvalue weighted by molar-refractivity contribution is -0.150. The van der Waals surface area contributed by atoms with Crippen LogP contribution in [0.5, 0.6) is 11.5 Å². The van der Waals surface area contributed by atoms with Crippen molar-refractivity contribution in [3.63, 3.8) is 0 Å². The Labute approximate surface area is 162 Å². The van der Waals surface area contributed by atoms with E-state index in [1.165, 1.54) is 25.6 Å². The summed E-state index contributed by atoms with van der Waals surface area (Å²) in [7, 11) is 3.03. The van der Waals surface area contributed by atoms with Crippen LogP contribution in [0.1, 0.15) is 5.69 Å². The molecular weight excluding hydrogens is 401 g/mol. The van der Waals surface area contributed by atoms with Crippen LogP contribution >= 0.6 is 11.3 Å². The number of rotatable bonds is 8. The van der Waals surface area contributed by atoms with Crippen molar-refractivity contribution in [1.82, 2.24) is 10.3 Å². The monoisotopic (exact) mass is 418 g/mol. The number of methoxy groups -OCH3 is 2. The Morgan fingerprint density at radius 2 is 1.89 bits per heavy atom. The number of alkyl halides is 3. The highest BCUT2D eigenvalue weighted by molar-refractivity contribution is 7.13. The van der Waals surface area contributed by atoms with Crippen LogP contribution in [-0.2, 0) is 20.7 Å². The van der Waals surface area contributed by atoms with Gasteiger partial charge in [0.25, 0.3) is 5.91 Å². The van der Waals surface area contributed by atoms with Crippen molar-refractivity contribution in [3.8, 4) is 22.1 Å². The van der Waals surface area contributed by atoms with Gasteiger partial charge in [-0.2, -0.15) is 13.2 Å². The maximum Gasteiger partial charge on any atom is 0.405 e. The van der Waals surface area contributed by atoms with Crippen molar-refractivity contribution in [2.24, 2.45) is 0 Å². The molecule has 0 aliphatic heterocycles. The zero-order valence-electron chi connectivity index (χ0n) is 15.0. The first-order valence-electron chi connectivity index (χ1n) is 7.87. The van der Waals surface area contributed by atoms with Gasteiger partial charge in [-0.05, 0) is 18.2 Å². The molecule has 0 fully saturated rings. The standard InChI is InChI=1S/C17H17F3N2O5S/c1-25-12-4-3-10(5-13(12)26-2)16-22-11(8-28-16)6-15(24)27-7-14(23)21-9-17(18,19)20/h3-5,8H,6-7,9H2,1-2H3,(H,21,23). The number of aromatic nitrogens is 1. The van der Waals surface area contributed by atoms with Crippen molar-refractivity contribution < 1.29 is 37.0 Å². The van der Waals surface area contributed by atoms with Gasteiger partial charge in [0, 0.05) is 10.9 Å². The number of thiazole rings is 1. The fourth-order valence-corrected chi connectivity index (χ4v) is 2.90. The summed E-state index contributed by atoms with van der Waals surface area (Å²) in [6.45, 7) is -2.27. The van der Waals surface area contributed by atoms with Crippen molar-refractivity contribution in [2.75, 3.05) is 27.4 Å². The maximum absolute atomic E-state index is 12.0. The molecule has 1 aromatic carbocycles. The van der Waals surface area contributed by atoms with Crippen LogP contribution in [0.3, 0.4) is 0 Å². The second-order valence-electron chi connectivity index (χ2n) is 5.44. The number of amides is 1. The molecule has 0 aliphatic rings. The number of carbonyl (C=O) groups is 2. The lowest BCUT2D eigenvalue weighted by Crippen LogP contribution is -2.36. The number of nitrogens with one attached hydrogen (secondary N) is 1. The zero-order chi connectivity index (χ0) is 20.7. The van der Waals surface area contributed by atoms with Crippen LogP contribution in [0.2, 0.25) is 0 Å². The molecule has 0 aliphatic carbocycles. The van der Waals surface area contributed by atoms with Gasteiger partial charge in [-0.3, -0.25) is 9.59 Å². The molecule has 2 rings (SSSR count). The Morgan fingerprint density at radius 1 is 1.18 bits per heavy atom. The predicted molar refractivity (Wildman–Crippen MR) is 94.4 cm³/mol. The molecule has 11 heteroatoms. The van der Waals surface area contributed by atoms with E-state index in [2.05, 4.69) is 9.72 Å². The summed E-state index contributed by atoms with van der Waals surface area (Å²) in [6, 6.07) is 5.25. The van der Waals surface area contributed by atoms with Gasteiger partial charge in [0.05, 0.1) is 26.3 Å². The lowest BCUT2D eigenvalue weighted by Gasteiger charge is -2.08. The third kappa shape index (κ3) is 6.41. The number of esters is 1. The molecule has 0 radical (unpaired) electrons. The fraction of sp³-hybridized carbons (Fsp3) is 0.353. The minimum absolute atomic E-state index is 0.212. The summed E-state index contributed by atoms with van der Waals surface area (Å²) in [5.74, 6) is -0.710. The smallest absolute Gasteiger partial charge is 0.405 e. The van der Waals surface area contributed by atoms with Crippen LogP contribution in [0.4, 0.5) is 13.2 Å². The number of hydrogen-bond acceptors (Lipinski definition) is 7. The second kappa shape index (κ2) is 9.40. The second-order valence-corrected chi connectivity index (χ2v) is 6.30. The third-order valence-corrected chi connectivity index (χ3v) is 4.30. The highest BCUT2D eigenvalue weighted by Crippen LogP contribution is 2.33. The fourth-order valence-electron chi connectivity index (χ4n) is 2.08. The van der Waals surface area contributed by atoms with Crippen molar-refractivity contribution in [2.45, 2.75) is 12.6 Å². The summed E-state index contributed by atoms with van der Waals surface area (Å²) in [5, 5.41) is 3.89. The Morgan fingerprint density at radius 3 is 2.54 bits per heavy atom. The summed E-state index contributed by atoms with van der Waals surface area (Å²) in [6.07, 6.45) is -4.74. The van der Waals surface area contributed by atoms with E-state index < -0.39 is 31.2 Å². The molecule has 1 aromatic heterocycles. The Kier molecular flexibility index (Phi) is 7.21. The Bertz CT molecular complexity index is 838. The third-order valence-electron chi connectivity index (χ3n) is 3.36. The van der Waals surface area contributed by atoms with Gasteiger partial charge in [-0.25, -0.2) is 4.98 Å². The van der Waals surface area contributed by atoms with Crippen molar-refractivity contribution >= 4 is 23.2 Å². The van der Waals surface area contributed by atoms with E-state index in [4.69, 9.17) is 9.47 Å². The lowest BCUT2D eigenvalue weighted by atomic mass is 10.2. The van der Waals surface area contributed by atoms with E-state index in [1.54, 1.807) is 28.9 Å². The van der Waals surface area contributed by atoms with Gasteiger partial charge in [0.2, 0.25) is 0 Å². The topological polar surface area (TPSA) is 86.8 Å². The summed E-state index contributed by atoms with van der Waals surface area (Å²) in [4.78, 5) is 27.3. The highest BCUT2D eigenvalue weighted by atomic mass is 32.1. The molecule has 1 amide bonds. The largest absolute Gasteiger partial charge is 0.493 e. The number of nitrogens with zero attached hydrogens (tertiary/aromatic N) is 1. The quantitative estimate of drug-likeness (QED) is 0.664. The maximum atomic E-state index is 12.0. The first-order valence-corrected chi connectivity index (χ1v) is 8.75. The average Bonchev–Trinajstić information content (AvgIpc) is 3.11. The first kappa shape index (κ1) is 21.5. The van der Waals surface area contributed by atoms with Crippen LogP contribution in [0, 0.1) is 0 Å². The van der Waals surface area contributed by atoms with E-state index in [9.17, 15) is 22.8 Å². The highest BCUT2D eigenvalue weighted by Gasteiger charge is 2.27. The molecule has 0 bridgehead atoms. The Balaban J connectivity index is 1.90. The number of ether oxygens (including phenoxy) is 3. The van der Waals surface area contributed by atoms with Crippen molar-refractivity contribution in [1.29, 1.82) is 0 Å². The molecule has 1 heterocycles. The molecular formula is C17H17F3N2O5S. The van der Waals surface area contributed by atoms with E-state index in [0.29, 0.717) is 22.2 Å². The molecule has 0 saturated carbocycles. The predicted octanol–water partition coefficient (Wildman–Crippen LogP) is 2.59. The molecule has 152 valence electrons. The summed E-state index contributed by atoms with van der Waals surface area (Å²) >= 11 is 1.29. The minimum Gasteiger partial charge on any atom is -0.493 e. The molecule has 7 nitrogen and oxygen atoms in total. The van der Waals surface area contributed by atoms with Crippen LogP contribution < -0.4 is 14.8 Å². The van der Waals surface area contributed by atoms with Crippen LogP contribution in [0.25, 0.3) is 10.6 Å². The van der Waals surface area contributed by atoms with Crippen LogP contribution in [0.15, 0.2) is 23.6 Å². The average molecular weight is 418 g/mol. The van der Waals surface area contributed by atoms with Gasteiger partial charge < -0.3 is 19.5 Å². The van der Waals surface area contributed by atoms with Crippen molar-refractivity contribution in [3.05, 3.63) is 29.3 Å². The van der Waals surface area contributed by atoms with E-state index in [0.717, 1.165) is 5.56 Å². The Hall–Kier alpha value is -2.82. The molecule has 0 saturated heterocycles. The summed E-state index contributed by atoms with van der Waals surface area (Å²) < 4.78 is 51.0. The van der Waals surface area contributed by atoms with E-state index >= 15 is 0 Å². The van der Waals surface area contributed by atoms with Gasteiger partial charge in [-0.1, -0.05) is 0 Å². The van der Waals surface area contributed by atoms with E-state index in [-0.39, 0.29) is 6.42 Å². The molecule has 0 atom stereocenters. The van der Waals surface area contributed by atoms with Crippen LogP contribution in [-0.4, -0.2) is 50.4 Å². The normalized spacial score (nSPS) is 11.0. The van der Waals surface area contributed by atoms with Gasteiger partial charge in [0.1, 0.15) is 11.6 Å². The number of carbonyl (C=O) groups excluding carboxylic acids is 2. The number of halogens is 3. The zero-order valence-corrected chi connectivity index (χ0v) is 15.8. The first-order chi connectivity index (χ1) is 13.2. The number of benzene rings is 1. The number of hydrogen-bond donors (Lipinski definition) is 1. The minimum atomic E-state index is -4.53. The molecule has 0 spiro atoms. The molecule has 28 heavy (non-hydrogen) atoms. The van der Waals surface area contributed by atoms with E-state index in [1.807, 2.05) is 0 Å². The molecule has 0 unspecified atom stereocenters. The molecule has 2 aromatic rings. The SMILES string of the molecule is COc1ccc(-c2nc(CC(=O)OCC(=O)NCC(F)(F)F)cs2)cc1OC. The van der Waals surface area contributed by atoms with Gasteiger partial charge in [-0.15, -0.1) is 11.3 Å².